The number of amides is 2. The number of nitrogens with zero attached hydrogens (tertiary/aromatic N) is 6. The number of para-hydroxylation sites is 1. The summed E-state index contributed by atoms with van der Waals surface area (Å²) >= 11 is 3.53. The van der Waals surface area contributed by atoms with Gasteiger partial charge in [-0.05, 0) is 90.0 Å². The molecule has 2 amide bonds. The first kappa shape index (κ1) is 42.5. The van der Waals surface area contributed by atoms with Gasteiger partial charge in [-0.15, -0.1) is 0 Å². The van der Waals surface area contributed by atoms with Crippen molar-refractivity contribution in [1.82, 2.24) is 29.1 Å². The Bertz CT molecular complexity index is 2590. The van der Waals surface area contributed by atoms with Crippen LogP contribution in [0.1, 0.15) is 48.3 Å². The predicted octanol–water partition coefficient (Wildman–Crippen LogP) is 6.43. The molecule has 0 saturated carbocycles. The number of carbonyl (C=O) groups excluding carboxylic acids is 2. The smallest absolute Gasteiger partial charge is 0.236 e. The molecule has 5 heterocycles. The van der Waals surface area contributed by atoms with Gasteiger partial charge in [-0.1, -0.05) is 12.1 Å². The molecule has 2 aromatic heterocycles. The Morgan fingerprint density at radius 3 is 2.44 bits per heavy atom. The number of fused-ring (bicyclic) bond motifs is 1. The van der Waals surface area contributed by atoms with Crippen LogP contribution < -0.4 is 25.6 Å². The summed E-state index contributed by atoms with van der Waals surface area (Å²) in [5.41, 5.74) is 4.25. The molecule has 1 atom stereocenters. The molecule has 3 N–H and O–H groups in total. The lowest BCUT2D eigenvalue weighted by atomic mass is 9.89. The van der Waals surface area contributed by atoms with E-state index in [4.69, 9.17) is 9.72 Å². The Kier molecular flexibility index (Phi) is 12.3. The van der Waals surface area contributed by atoms with Gasteiger partial charge in [0.2, 0.25) is 27.8 Å². The summed E-state index contributed by atoms with van der Waals surface area (Å²) in [4.78, 5) is 40.2. The van der Waals surface area contributed by atoms with Crippen LogP contribution in [0.25, 0.3) is 10.9 Å². The molecule has 3 aromatic carbocycles. The van der Waals surface area contributed by atoms with Crippen molar-refractivity contribution in [2.75, 3.05) is 74.7 Å². The van der Waals surface area contributed by atoms with Crippen LogP contribution in [0.2, 0.25) is 0 Å². The van der Waals surface area contributed by atoms with Gasteiger partial charge in [0.25, 0.3) is 0 Å². The van der Waals surface area contributed by atoms with Crippen molar-refractivity contribution in [3.8, 4) is 5.75 Å². The fourth-order valence-corrected chi connectivity index (χ4v) is 9.85. The Balaban J connectivity index is 0.851. The summed E-state index contributed by atoms with van der Waals surface area (Å²) in [5.74, 6) is -1.56. The topological polar surface area (TPSA) is 154 Å². The predicted molar refractivity (Wildman–Crippen MR) is 235 cm³/mol. The van der Waals surface area contributed by atoms with Crippen molar-refractivity contribution in [3.05, 3.63) is 93.7 Å². The van der Waals surface area contributed by atoms with E-state index in [2.05, 4.69) is 58.5 Å². The zero-order valence-electron chi connectivity index (χ0n) is 34.2. The summed E-state index contributed by atoms with van der Waals surface area (Å²) in [7, 11) is -1.91. The fourth-order valence-electron chi connectivity index (χ4n) is 8.74. The molecule has 0 spiro atoms. The molecule has 3 aliphatic heterocycles. The summed E-state index contributed by atoms with van der Waals surface area (Å²) in [6, 6.07) is 14.1. The van der Waals surface area contributed by atoms with Crippen molar-refractivity contribution < 1.29 is 31.5 Å². The molecule has 3 aliphatic rings. The SMILES string of the molecule is COc1cc(N2CCC(N3CCN(CCc4cc(F)c(C5CCC(=O)NC5=O)cc4F)CC3)CC2)c(C)cc1Nc1ncc(Br)c(Nc2cccc3ccn(S(C)(=O)=O)c23)n1. The molecule has 14 nitrogen and oxygen atoms in total. The number of hydrogen-bond acceptors (Lipinski definition) is 12. The second-order valence-corrected chi connectivity index (χ2v) is 18.6. The van der Waals surface area contributed by atoms with Crippen LogP contribution in [-0.2, 0) is 26.0 Å². The third kappa shape index (κ3) is 9.22. The monoisotopic (exact) mass is 919 g/mol. The van der Waals surface area contributed by atoms with Gasteiger partial charge < -0.3 is 25.2 Å². The maximum atomic E-state index is 15.1. The number of halogens is 3. The van der Waals surface area contributed by atoms with Crippen LogP contribution >= 0.6 is 15.9 Å². The summed E-state index contributed by atoms with van der Waals surface area (Å²) in [6.45, 7) is 7.96. The molecular formula is C43H48BrF2N9O5S. The van der Waals surface area contributed by atoms with Crippen LogP contribution in [0.3, 0.4) is 0 Å². The van der Waals surface area contributed by atoms with E-state index in [-0.39, 0.29) is 24.0 Å². The Morgan fingerprint density at radius 1 is 0.951 bits per heavy atom. The minimum atomic E-state index is -3.54. The highest BCUT2D eigenvalue weighted by Gasteiger charge is 2.32. The van der Waals surface area contributed by atoms with E-state index >= 15 is 8.78 Å². The van der Waals surface area contributed by atoms with E-state index in [1.807, 2.05) is 24.3 Å². The number of rotatable bonds is 12. The van der Waals surface area contributed by atoms with E-state index in [1.165, 1.54) is 16.2 Å². The molecule has 0 bridgehead atoms. The third-order valence-electron chi connectivity index (χ3n) is 12.0. The lowest BCUT2D eigenvalue weighted by molar-refractivity contribution is -0.134. The number of nitrogens with one attached hydrogen (secondary N) is 3. The number of imide groups is 1. The number of aromatic nitrogens is 3. The van der Waals surface area contributed by atoms with Gasteiger partial charge >= 0.3 is 0 Å². The average molecular weight is 921 g/mol. The number of aryl methyl sites for hydroxylation is 1. The van der Waals surface area contributed by atoms with Crippen molar-refractivity contribution in [3.63, 3.8) is 0 Å². The van der Waals surface area contributed by atoms with Crippen LogP contribution in [-0.4, -0.2) is 109 Å². The molecule has 61 heavy (non-hydrogen) atoms. The number of piperazine rings is 1. The zero-order chi connectivity index (χ0) is 43.0. The molecule has 0 aliphatic carbocycles. The highest BCUT2D eigenvalue weighted by molar-refractivity contribution is 9.10. The van der Waals surface area contributed by atoms with Gasteiger partial charge in [0.1, 0.15) is 23.2 Å². The number of ether oxygens (including phenoxy) is 1. The Morgan fingerprint density at radius 2 is 1.72 bits per heavy atom. The van der Waals surface area contributed by atoms with E-state index in [9.17, 15) is 18.0 Å². The van der Waals surface area contributed by atoms with E-state index in [1.54, 1.807) is 25.4 Å². The standard InChI is InChI=1S/C43H48BrF2N9O5S/c1-26-21-36(49-43-47-25-32(44)41(51-43)48-35-6-4-5-27-10-16-55(40(27)35)61(3,58)59)38(60-2)24-37(26)54-14-11-29(12-15-54)53-19-17-52(18-20-53)13-9-28-22-34(46)31(23-33(28)45)30-7-8-39(56)50-42(30)57/h4-6,10,16,21-25,29-30H,7-9,11-15,17-20H2,1-3H3,(H,50,56,57)(H2,47,48,49,51). The molecule has 18 heteroatoms. The molecule has 0 radical (unpaired) electrons. The van der Waals surface area contributed by atoms with Crippen molar-refractivity contribution in [2.45, 2.75) is 51.0 Å². The van der Waals surface area contributed by atoms with E-state index in [0.717, 1.165) is 81.1 Å². The minimum Gasteiger partial charge on any atom is -0.494 e. The molecule has 322 valence electrons. The third-order valence-corrected chi connectivity index (χ3v) is 13.6. The molecular weight excluding hydrogens is 872 g/mol. The first-order chi connectivity index (χ1) is 29.2. The molecule has 3 saturated heterocycles. The summed E-state index contributed by atoms with van der Waals surface area (Å²) < 4.78 is 62.8. The number of anilines is 5. The number of methoxy groups -OCH3 is 1. The van der Waals surface area contributed by atoms with Gasteiger partial charge in [-0.3, -0.25) is 19.8 Å². The second kappa shape index (κ2) is 17.7. The summed E-state index contributed by atoms with van der Waals surface area (Å²) in [5, 5.41) is 9.58. The number of benzene rings is 3. The number of hydrogen-bond donors (Lipinski definition) is 3. The van der Waals surface area contributed by atoms with Crippen LogP contribution in [0.15, 0.2) is 65.4 Å². The van der Waals surface area contributed by atoms with Gasteiger partial charge in [-0.25, -0.2) is 26.2 Å². The number of carbonyl (C=O) groups is 2. The number of piperidine rings is 2. The molecule has 3 fully saturated rings. The van der Waals surface area contributed by atoms with Gasteiger partial charge in [-0.2, -0.15) is 4.98 Å². The van der Waals surface area contributed by atoms with E-state index in [0.29, 0.717) is 57.9 Å². The first-order valence-electron chi connectivity index (χ1n) is 20.3. The quantitative estimate of drug-likeness (QED) is 0.118. The van der Waals surface area contributed by atoms with E-state index < -0.39 is 39.4 Å². The van der Waals surface area contributed by atoms with Crippen molar-refractivity contribution >= 4 is 77.5 Å². The first-order valence-corrected chi connectivity index (χ1v) is 23.0. The van der Waals surface area contributed by atoms with Crippen LogP contribution in [0.5, 0.6) is 5.75 Å². The van der Waals surface area contributed by atoms with Gasteiger partial charge in [0, 0.05) is 93.4 Å². The lowest BCUT2D eigenvalue weighted by Crippen LogP contribution is -2.53. The maximum absolute atomic E-state index is 15.1. The van der Waals surface area contributed by atoms with Crippen LogP contribution in [0.4, 0.5) is 37.6 Å². The normalized spacial score (nSPS) is 18.4. The molecule has 8 rings (SSSR count). The van der Waals surface area contributed by atoms with Gasteiger partial charge in [0.15, 0.2) is 0 Å². The van der Waals surface area contributed by atoms with Crippen LogP contribution in [0, 0.1) is 18.6 Å². The Hall–Kier alpha value is -5.17. The lowest BCUT2D eigenvalue weighted by Gasteiger charge is -2.43. The highest BCUT2D eigenvalue weighted by Crippen LogP contribution is 2.37. The maximum Gasteiger partial charge on any atom is 0.236 e. The minimum absolute atomic E-state index is 0.00270. The Labute approximate surface area is 361 Å². The zero-order valence-corrected chi connectivity index (χ0v) is 36.6. The highest BCUT2D eigenvalue weighted by atomic mass is 79.9. The van der Waals surface area contributed by atoms with Gasteiger partial charge in [0.05, 0.1) is 40.6 Å². The summed E-state index contributed by atoms with van der Waals surface area (Å²) in [6.07, 6.45) is 6.99. The molecule has 1 unspecified atom stereocenters. The van der Waals surface area contributed by atoms with Crippen molar-refractivity contribution in [1.29, 1.82) is 0 Å². The molecule has 5 aromatic rings. The van der Waals surface area contributed by atoms with Crippen molar-refractivity contribution in [2.24, 2.45) is 0 Å². The fraction of sp³-hybridized carbons (Fsp3) is 0.395. The average Bonchev–Trinajstić information content (AvgIpc) is 3.69. The largest absolute Gasteiger partial charge is 0.494 e. The second-order valence-electron chi connectivity index (χ2n) is 15.9.